The monoisotopic (exact) mass is 288 g/mol. The van der Waals surface area contributed by atoms with Crippen molar-refractivity contribution in [3.63, 3.8) is 0 Å². The SMILES string of the molecule is CNC(Cc1ccncc1Cl)C1COc2ccccc21. The van der Waals surface area contributed by atoms with Gasteiger partial charge in [0.2, 0.25) is 0 Å². The van der Waals surface area contributed by atoms with Crippen molar-refractivity contribution < 1.29 is 4.74 Å². The number of pyridine rings is 1. The number of halogens is 1. The van der Waals surface area contributed by atoms with Crippen molar-refractivity contribution in [3.05, 3.63) is 58.9 Å². The first-order valence-electron chi connectivity index (χ1n) is 6.77. The Morgan fingerprint density at radius 2 is 2.25 bits per heavy atom. The fourth-order valence-corrected chi connectivity index (χ4v) is 2.97. The molecule has 1 N–H and O–H groups in total. The Bertz CT molecular complexity index is 603. The number of nitrogens with zero attached hydrogens (tertiary/aromatic N) is 1. The van der Waals surface area contributed by atoms with Crippen LogP contribution >= 0.6 is 11.6 Å². The van der Waals surface area contributed by atoms with E-state index in [0.29, 0.717) is 18.6 Å². The van der Waals surface area contributed by atoms with E-state index in [1.807, 2.05) is 25.2 Å². The zero-order valence-corrected chi connectivity index (χ0v) is 12.1. The molecular formula is C16H17ClN2O. The molecular weight excluding hydrogens is 272 g/mol. The van der Waals surface area contributed by atoms with Crippen LogP contribution in [0.4, 0.5) is 0 Å². The van der Waals surface area contributed by atoms with Gasteiger partial charge in [-0.1, -0.05) is 29.8 Å². The number of para-hydroxylation sites is 1. The van der Waals surface area contributed by atoms with Crippen LogP contribution in [0, 0.1) is 0 Å². The van der Waals surface area contributed by atoms with Gasteiger partial charge in [0, 0.05) is 29.9 Å². The fourth-order valence-electron chi connectivity index (χ4n) is 2.77. The average molecular weight is 289 g/mol. The summed E-state index contributed by atoms with van der Waals surface area (Å²) in [4.78, 5) is 4.03. The molecule has 0 saturated heterocycles. The van der Waals surface area contributed by atoms with Crippen LogP contribution < -0.4 is 10.1 Å². The second-order valence-corrected chi connectivity index (χ2v) is 5.43. The number of ether oxygens (including phenoxy) is 1. The van der Waals surface area contributed by atoms with Gasteiger partial charge in [0.05, 0.1) is 11.6 Å². The van der Waals surface area contributed by atoms with Crippen LogP contribution in [0.2, 0.25) is 5.02 Å². The number of rotatable bonds is 4. The molecule has 0 amide bonds. The van der Waals surface area contributed by atoms with Gasteiger partial charge in [-0.25, -0.2) is 0 Å². The van der Waals surface area contributed by atoms with Gasteiger partial charge in [-0.3, -0.25) is 4.98 Å². The van der Waals surface area contributed by atoms with Gasteiger partial charge in [-0.2, -0.15) is 0 Å². The summed E-state index contributed by atoms with van der Waals surface area (Å²) < 4.78 is 5.78. The molecule has 0 radical (unpaired) electrons. The number of benzene rings is 1. The lowest BCUT2D eigenvalue weighted by Gasteiger charge is -2.22. The molecule has 104 valence electrons. The lowest BCUT2D eigenvalue weighted by atomic mass is 9.89. The summed E-state index contributed by atoms with van der Waals surface area (Å²) in [6.07, 6.45) is 4.34. The number of fused-ring (bicyclic) bond motifs is 1. The molecule has 2 atom stereocenters. The second-order valence-electron chi connectivity index (χ2n) is 5.02. The van der Waals surface area contributed by atoms with E-state index in [1.165, 1.54) is 5.56 Å². The quantitative estimate of drug-likeness (QED) is 0.939. The fraction of sp³-hybridized carbons (Fsp3) is 0.312. The largest absolute Gasteiger partial charge is 0.493 e. The topological polar surface area (TPSA) is 34.2 Å². The van der Waals surface area contributed by atoms with E-state index in [0.717, 1.165) is 22.8 Å². The first kappa shape index (κ1) is 13.4. The minimum atomic E-state index is 0.290. The van der Waals surface area contributed by atoms with Crippen LogP contribution in [-0.2, 0) is 6.42 Å². The summed E-state index contributed by atoms with van der Waals surface area (Å²) in [6.45, 7) is 0.716. The molecule has 2 unspecified atom stereocenters. The first-order chi connectivity index (χ1) is 9.79. The number of likely N-dealkylation sites (N-methyl/N-ethyl adjacent to an activating group) is 1. The van der Waals surface area contributed by atoms with Gasteiger partial charge in [0.1, 0.15) is 5.75 Å². The van der Waals surface area contributed by atoms with Crippen LogP contribution in [-0.4, -0.2) is 24.7 Å². The van der Waals surface area contributed by atoms with Crippen LogP contribution in [0.5, 0.6) is 5.75 Å². The van der Waals surface area contributed by atoms with Crippen LogP contribution in [0.3, 0.4) is 0 Å². The predicted octanol–water partition coefficient (Wildman–Crippen LogP) is 3.04. The van der Waals surface area contributed by atoms with Crippen LogP contribution in [0.25, 0.3) is 0 Å². The van der Waals surface area contributed by atoms with Crippen LogP contribution in [0.1, 0.15) is 17.0 Å². The van der Waals surface area contributed by atoms with E-state index in [1.54, 1.807) is 12.4 Å². The minimum Gasteiger partial charge on any atom is -0.493 e. The Morgan fingerprint density at radius 3 is 3.05 bits per heavy atom. The van der Waals surface area contributed by atoms with Crippen LogP contribution in [0.15, 0.2) is 42.7 Å². The van der Waals surface area contributed by atoms with E-state index >= 15 is 0 Å². The normalized spacial score (nSPS) is 18.4. The highest BCUT2D eigenvalue weighted by Crippen LogP contribution is 2.36. The Hall–Kier alpha value is -1.58. The maximum absolute atomic E-state index is 6.21. The molecule has 3 nitrogen and oxygen atoms in total. The van der Waals surface area contributed by atoms with Gasteiger partial charge in [-0.15, -0.1) is 0 Å². The Morgan fingerprint density at radius 1 is 1.40 bits per heavy atom. The van der Waals surface area contributed by atoms with Crippen molar-refractivity contribution in [2.75, 3.05) is 13.7 Å². The predicted molar refractivity (Wildman–Crippen MR) is 80.5 cm³/mol. The summed E-state index contributed by atoms with van der Waals surface area (Å²) in [5, 5.41) is 4.12. The molecule has 0 spiro atoms. The van der Waals surface area contributed by atoms with E-state index in [2.05, 4.69) is 22.4 Å². The molecule has 0 saturated carbocycles. The van der Waals surface area contributed by atoms with Gasteiger partial charge in [-0.05, 0) is 31.2 Å². The summed E-state index contributed by atoms with van der Waals surface area (Å²) in [6, 6.07) is 10.5. The molecule has 3 rings (SSSR count). The average Bonchev–Trinajstić information content (AvgIpc) is 2.90. The first-order valence-corrected chi connectivity index (χ1v) is 7.14. The molecule has 1 aliphatic heterocycles. The standard InChI is InChI=1S/C16H17ClN2O/c1-18-15(8-11-6-7-19-9-14(11)17)13-10-20-16-5-3-2-4-12(13)16/h2-7,9,13,15,18H,8,10H2,1H3. The minimum absolute atomic E-state index is 0.290. The van der Waals surface area contributed by atoms with E-state index in [9.17, 15) is 0 Å². The molecule has 1 aliphatic rings. The van der Waals surface area contributed by atoms with Crippen molar-refractivity contribution in [2.24, 2.45) is 0 Å². The van der Waals surface area contributed by atoms with Crippen molar-refractivity contribution in [1.82, 2.24) is 10.3 Å². The number of hydrogen-bond acceptors (Lipinski definition) is 3. The summed E-state index contributed by atoms with van der Waals surface area (Å²) in [5.74, 6) is 1.35. The van der Waals surface area contributed by atoms with E-state index in [4.69, 9.17) is 16.3 Å². The third-order valence-electron chi connectivity index (χ3n) is 3.89. The maximum atomic E-state index is 6.21. The zero-order valence-electron chi connectivity index (χ0n) is 11.3. The molecule has 2 heterocycles. The van der Waals surface area contributed by atoms with Gasteiger partial charge < -0.3 is 10.1 Å². The highest BCUT2D eigenvalue weighted by molar-refractivity contribution is 6.31. The van der Waals surface area contributed by atoms with Crippen molar-refractivity contribution >= 4 is 11.6 Å². The van der Waals surface area contributed by atoms with Gasteiger partial charge >= 0.3 is 0 Å². The maximum Gasteiger partial charge on any atom is 0.122 e. The molecule has 1 aromatic carbocycles. The third-order valence-corrected chi connectivity index (χ3v) is 4.23. The lowest BCUT2D eigenvalue weighted by Crippen LogP contribution is -2.35. The molecule has 0 bridgehead atoms. The van der Waals surface area contributed by atoms with Crippen molar-refractivity contribution in [3.8, 4) is 5.75 Å². The molecule has 0 fully saturated rings. The van der Waals surface area contributed by atoms with Gasteiger partial charge in [0.15, 0.2) is 0 Å². The number of hydrogen-bond donors (Lipinski definition) is 1. The highest BCUT2D eigenvalue weighted by atomic mass is 35.5. The summed E-state index contributed by atoms with van der Waals surface area (Å²) >= 11 is 6.21. The van der Waals surface area contributed by atoms with Crippen molar-refractivity contribution in [1.29, 1.82) is 0 Å². The molecule has 1 aromatic heterocycles. The molecule has 4 heteroatoms. The highest BCUT2D eigenvalue weighted by Gasteiger charge is 2.30. The number of aromatic nitrogens is 1. The van der Waals surface area contributed by atoms with E-state index < -0.39 is 0 Å². The smallest absolute Gasteiger partial charge is 0.122 e. The zero-order chi connectivity index (χ0) is 13.9. The Labute approximate surface area is 123 Å². The Kier molecular flexibility index (Phi) is 3.90. The molecule has 20 heavy (non-hydrogen) atoms. The van der Waals surface area contributed by atoms with Gasteiger partial charge in [0.25, 0.3) is 0 Å². The third kappa shape index (κ3) is 2.51. The van der Waals surface area contributed by atoms with Crippen molar-refractivity contribution in [2.45, 2.75) is 18.4 Å². The lowest BCUT2D eigenvalue weighted by molar-refractivity contribution is 0.302. The molecule has 2 aromatic rings. The number of nitrogens with one attached hydrogen (secondary N) is 1. The Balaban J connectivity index is 1.83. The summed E-state index contributed by atoms with van der Waals surface area (Å²) in [7, 11) is 1.99. The molecule has 0 aliphatic carbocycles. The summed E-state index contributed by atoms with van der Waals surface area (Å²) in [5.41, 5.74) is 2.39. The second kappa shape index (κ2) is 5.81. The van der Waals surface area contributed by atoms with E-state index in [-0.39, 0.29) is 0 Å².